The SMILES string of the molecule is Sc1cc(Br)c2ccccc2c1. The summed E-state index contributed by atoms with van der Waals surface area (Å²) in [5, 5.41) is 2.45. The molecule has 0 aliphatic carbocycles. The van der Waals surface area contributed by atoms with E-state index in [2.05, 4.69) is 46.8 Å². The van der Waals surface area contributed by atoms with Crippen molar-refractivity contribution in [2.75, 3.05) is 0 Å². The van der Waals surface area contributed by atoms with Crippen LogP contribution in [-0.2, 0) is 0 Å². The van der Waals surface area contributed by atoms with Gasteiger partial charge in [0.05, 0.1) is 0 Å². The van der Waals surface area contributed by atoms with Gasteiger partial charge in [-0.25, -0.2) is 0 Å². The van der Waals surface area contributed by atoms with E-state index in [-0.39, 0.29) is 0 Å². The zero-order valence-corrected chi connectivity index (χ0v) is 8.77. The molecule has 0 aliphatic rings. The molecule has 0 atom stereocenters. The van der Waals surface area contributed by atoms with Crippen molar-refractivity contribution in [1.82, 2.24) is 0 Å². The molecule has 0 amide bonds. The molecule has 0 aromatic heterocycles. The molecule has 0 fully saturated rings. The van der Waals surface area contributed by atoms with Crippen molar-refractivity contribution in [3.8, 4) is 0 Å². The number of hydrogen-bond donors (Lipinski definition) is 1. The van der Waals surface area contributed by atoms with Gasteiger partial charge in [0.15, 0.2) is 0 Å². The van der Waals surface area contributed by atoms with Gasteiger partial charge in [-0.05, 0) is 22.9 Å². The number of fused-ring (bicyclic) bond motifs is 1. The minimum Gasteiger partial charge on any atom is -0.143 e. The van der Waals surface area contributed by atoms with E-state index in [1.807, 2.05) is 18.2 Å². The molecule has 0 unspecified atom stereocenters. The van der Waals surface area contributed by atoms with Crippen molar-refractivity contribution >= 4 is 39.3 Å². The first-order valence-electron chi connectivity index (χ1n) is 3.64. The summed E-state index contributed by atoms with van der Waals surface area (Å²) in [4.78, 5) is 0.987. The van der Waals surface area contributed by atoms with Gasteiger partial charge in [-0.3, -0.25) is 0 Å². The monoisotopic (exact) mass is 238 g/mol. The first-order valence-corrected chi connectivity index (χ1v) is 4.88. The molecule has 0 spiro atoms. The lowest BCUT2D eigenvalue weighted by Gasteiger charge is -2.00. The molecular formula is C10H7BrS. The molecule has 2 heteroatoms. The molecule has 0 bridgehead atoms. The Morgan fingerprint density at radius 2 is 1.83 bits per heavy atom. The molecule has 0 aliphatic heterocycles. The highest BCUT2D eigenvalue weighted by Crippen LogP contribution is 2.26. The fourth-order valence-electron chi connectivity index (χ4n) is 1.25. The zero-order valence-electron chi connectivity index (χ0n) is 6.29. The van der Waals surface area contributed by atoms with Crippen LogP contribution in [0.3, 0.4) is 0 Å². The summed E-state index contributed by atoms with van der Waals surface area (Å²) in [7, 11) is 0. The summed E-state index contributed by atoms with van der Waals surface area (Å²) >= 11 is 7.80. The van der Waals surface area contributed by atoms with E-state index in [1.165, 1.54) is 10.8 Å². The van der Waals surface area contributed by atoms with Crippen LogP contribution in [0.5, 0.6) is 0 Å². The summed E-state index contributed by atoms with van der Waals surface area (Å²) in [5.41, 5.74) is 0. The molecule has 0 nitrogen and oxygen atoms in total. The van der Waals surface area contributed by atoms with E-state index in [4.69, 9.17) is 0 Å². The number of benzene rings is 2. The Morgan fingerprint density at radius 1 is 1.08 bits per heavy atom. The highest BCUT2D eigenvalue weighted by atomic mass is 79.9. The normalized spacial score (nSPS) is 10.5. The second-order valence-electron chi connectivity index (χ2n) is 2.65. The summed E-state index contributed by atoms with van der Waals surface area (Å²) in [6.45, 7) is 0. The summed E-state index contributed by atoms with van der Waals surface area (Å²) in [6, 6.07) is 12.3. The highest BCUT2D eigenvalue weighted by Gasteiger charge is 1.97. The third-order valence-corrected chi connectivity index (χ3v) is 2.71. The van der Waals surface area contributed by atoms with Crippen molar-refractivity contribution in [3.05, 3.63) is 40.9 Å². The summed E-state index contributed by atoms with van der Waals surface area (Å²) in [6.07, 6.45) is 0. The largest absolute Gasteiger partial charge is 0.143 e. The van der Waals surface area contributed by atoms with Crippen LogP contribution in [0.1, 0.15) is 0 Å². The van der Waals surface area contributed by atoms with Crippen molar-refractivity contribution < 1.29 is 0 Å². The van der Waals surface area contributed by atoms with Gasteiger partial charge in [0.25, 0.3) is 0 Å². The smallest absolute Gasteiger partial charge is 0.0264 e. The maximum Gasteiger partial charge on any atom is 0.0264 e. The molecular weight excluding hydrogens is 232 g/mol. The molecule has 12 heavy (non-hydrogen) atoms. The minimum absolute atomic E-state index is 0.987. The second-order valence-corrected chi connectivity index (χ2v) is 4.02. The van der Waals surface area contributed by atoms with Crippen LogP contribution in [0.15, 0.2) is 45.8 Å². The van der Waals surface area contributed by atoms with Gasteiger partial charge in [-0.15, -0.1) is 12.6 Å². The van der Waals surface area contributed by atoms with Crippen LogP contribution in [-0.4, -0.2) is 0 Å². The van der Waals surface area contributed by atoms with Gasteiger partial charge in [0, 0.05) is 9.37 Å². The lowest BCUT2D eigenvalue weighted by molar-refractivity contribution is 1.50. The fourth-order valence-corrected chi connectivity index (χ4v) is 2.30. The van der Waals surface area contributed by atoms with E-state index in [0.29, 0.717) is 0 Å². The molecule has 2 rings (SSSR count). The van der Waals surface area contributed by atoms with Gasteiger partial charge < -0.3 is 0 Å². The average Bonchev–Trinajstić information content (AvgIpc) is 2.04. The fraction of sp³-hybridized carbons (Fsp3) is 0. The Balaban J connectivity index is 2.89. The lowest BCUT2D eigenvalue weighted by atomic mass is 10.1. The van der Waals surface area contributed by atoms with E-state index >= 15 is 0 Å². The molecule has 0 saturated carbocycles. The molecule has 60 valence electrons. The maximum atomic E-state index is 4.30. The van der Waals surface area contributed by atoms with Crippen LogP contribution in [0.2, 0.25) is 0 Å². The third kappa shape index (κ3) is 1.37. The predicted octanol–water partition coefficient (Wildman–Crippen LogP) is 3.89. The number of halogens is 1. The number of thiol groups is 1. The Labute approximate surface area is 85.1 Å². The molecule has 0 radical (unpaired) electrons. The molecule has 0 heterocycles. The second kappa shape index (κ2) is 3.11. The maximum absolute atomic E-state index is 4.30. The summed E-state index contributed by atoms with van der Waals surface area (Å²) < 4.78 is 1.10. The van der Waals surface area contributed by atoms with Gasteiger partial charge in [0.2, 0.25) is 0 Å². The zero-order chi connectivity index (χ0) is 8.55. The topological polar surface area (TPSA) is 0 Å². The van der Waals surface area contributed by atoms with Crippen LogP contribution in [0.25, 0.3) is 10.8 Å². The van der Waals surface area contributed by atoms with Crippen LogP contribution < -0.4 is 0 Å². The molecule has 2 aromatic carbocycles. The van der Waals surface area contributed by atoms with Crippen LogP contribution in [0, 0.1) is 0 Å². The van der Waals surface area contributed by atoms with E-state index in [9.17, 15) is 0 Å². The van der Waals surface area contributed by atoms with Crippen LogP contribution in [0.4, 0.5) is 0 Å². The van der Waals surface area contributed by atoms with Gasteiger partial charge >= 0.3 is 0 Å². The lowest BCUT2D eigenvalue weighted by Crippen LogP contribution is -1.74. The van der Waals surface area contributed by atoms with Crippen molar-refractivity contribution in [2.45, 2.75) is 4.90 Å². The first kappa shape index (κ1) is 8.14. The van der Waals surface area contributed by atoms with Crippen molar-refractivity contribution in [2.24, 2.45) is 0 Å². The minimum atomic E-state index is 0.987. The number of hydrogen-bond acceptors (Lipinski definition) is 1. The number of rotatable bonds is 0. The first-order chi connectivity index (χ1) is 5.77. The van der Waals surface area contributed by atoms with E-state index < -0.39 is 0 Å². The average molecular weight is 239 g/mol. The Bertz CT molecular complexity index is 423. The van der Waals surface area contributed by atoms with Crippen molar-refractivity contribution in [1.29, 1.82) is 0 Å². The molecule has 2 aromatic rings. The van der Waals surface area contributed by atoms with Crippen LogP contribution >= 0.6 is 28.6 Å². The Hall–Kier alpha value is -0.470. The third-order valence-electron chi connectivity index (χ3n) is 1.80. The van der Waals surface area contributed by atoms with E-state index in [1.54, 1.807) is 0 Å². The Morgan fingerprint density at radius 3 is 2.67 bits per heavy atom. The highest BCUT2D eigenvalue weighted by molar-refractivity contribution is 9.10. The predicted molar refractivity (Wildman–Crippen MR) is 58.9 cm³/mol. The quantitative estimate of drug-likeness (QED) is 0.662. The molecule has 0 saturated heterocycles. The van der Waals surface area contributed by atoms with Gasteiger partial charge in [-0.2, -0.15) is 0 Å². The molecule has 0 N–H and O–H groups in total. The standard InChI is InChI=1S/C10H7BrS/c11-10-6-8(12)5-7-3-1-2-4-9(7)10/h1-6,12H. The van der Waals surface area contributed by atoms with Gasteiger partial charge in [0.1, 0.15) is 0 Å². The van der Waals surface area contributed by atoms with Gasteiger partial charge in [-0.1, -0.05) is 40.2 Å². The Kier molecular flexibility index (Phi) is 2.11. The van der Waals surface area contributed by atoms with Crippen molar-refractivity contribution in [3.63, 3.8) is 0 Å². The summed E-state index contributed by atoms with van der Waals surface area (Å²) in [5.74, 6) is 0. The van der Waals surface area contributed by atoms with E-state index in [0.717, 1.165) is 9.37 Å².